The molecular formula is C15H17BrN4O4. The van der Waals surface area contributed by atoms with Gasteiger partial charge in [0.25, 0.3) is 5.91 Å². The SMILES string of the molecule is Cc1cc(Br)ccc1NC(=O)CNC(=O)CCC1NC(=O)NC1=O. The third kappa shape index (κ3) is 5.05. The maximum atomic E-state index is 11.9. The Bertz CT molecular complexity index is 692. The molecule has 24 heavy (non-hydrogen) atoms. The van der Waals surface area contributed by atoms with E-state index in [1.54, 1.807) is 6.07 Å². The van der Waals surface area contributed by atoms with Crippen LogP contribution in [-0.2, 0) is 14.4 Å². The summed E-state index contributed by atoms with van der Waals surface area (Å²) in [6, 6.07) is 4.18. The molecule has 1 aromatic carbocycles. The van der Waals surface area contributed by atoms with E-state index in [9.17, 15) is 19.2 Å². The van der Waals surface area contributed by atoms with E-state index in [0.717, 1.165) is 10.0 Å². The van der Waals surface area contributed by atoms with Gasteiger partial charge in [-0.2, -0.15) is 0 Å². The number of urea groups is 1. The van der Waals surface area contributed by atoms with Crippen LogP contribution in [0.1, 0.15) is 18.4 Å². The highest BCUT2D eigenvalue weighted by Gasteiger charge is 2.29. The number of carbonyl (C=O) groups excluding carboxylic acids is 4. The molecule has 5 amide bonds. The lowest BCUT2D eigenvalue weighted by atomic mass is 10.1. The molecule has 1 saturated heterocycles. The van der Waals surface area contributed by atoms with Gasteiger partial charge in [-0.25, -0.2) is 4.79 Å². The van der Waals surface area contributed by atoms with Crippen LogP contribution in [0.25, 0.3) is 0 Å². The molecule has 1 aliphatic rings. The highest BCUT2D eigenvalue weighted by Crippen LogP contribution is 2.19. The van der Waals surface area contributed by atoms with E-state index >= 15 is 0 Å². The fourth-order valence-electron chi connectivity index (χ4n) is 2.17. The Morgan fingerprint density at radius 2 is 2.00 bits per heavy atom. The molecule has 0 bridgehead atoms. The molecule has 4 N–H and O–H groups in total. The topological polar surface area (TPSA) is 116 Å². The van der Waals surface area contributed by atoms with Crippen LogP contribution in [0.4, 0.5) is 10.5 Å². The van der Waals surface area contributed by atoms with Crippen LogP contribution >= 0.6 is 15.9 Å². The number of amides is 5. The van der Waals surface area contributed by atoms with Crippen molar-refractivity contribution in [3.63, 3.8) is 0 Å². The van der Waals surface area contributed by atoms with E-state index in [1.807, 2.05) is 19.1 Å². The van der Waals surface area contributed by atoms with Gasteiger partial charge < -0.3 is 16.0 Å². The molecule has 1 atom stereocenters. The van der Waals surface area contributed by atoms with Gasteiger partial charge in [0, 0.05) is 16.6 Å². The van der Waals surface area contributed by atoms with Crippen LogP contribution in [0, 0.1) is 6.92 Å². The summed E-state index contributed by atoms with van der Waals surface area (Å²) < 4.78 is 0.911. The molecule has 1 aliphatic heterocycles. The van der Waals surface area contributed by atoms with Crippen LogP contribution in [0.5, 0.6) is 0 Å². The first-order valence-corrected chi connectivity index (χ1v) is 8.08. The minimum Gasteiger partial charge on any atom is -0.347 e. The third-order valence-electron chi connectivity index (χ3n) is 3.43. The zero-order chi connectivity index (χ0) is 17.7. The zero-order valence-corrected chi connectivity index (χ0v) is 14.5. The standard InChI is InChI=1S/C15H17BrN4O4/c1-8-6-9(16)2-3-10(8)18-13(22)7-17-12(21)5-4-11-14(23)20-15(24)19-11/h2-3,6,11H,4-5,7H2,1H3,(H,17,21)(H,18,22)(H2,19,20,23,24). The minimum absolute atomic E-state index is 0.0307. The number of benzene rings is 1. The first-order chi connectivity index (χ1) is 11.3. The molecule has 0 aliphatic carbocycles. The largest absolute Gasteiger partial charge is 0.347 e. The van der Waals surface area contributed by atoms with E-state index in [4.69, 9.17) is 0 Å². The van der Waals surface area contributed by atoms with E-state index in [-0.39, 0.29) is 31.2 Å². The Kier molecular flexibility index (Phi) is 5.91. The van der Waals surface area contributed by atoms with Gasteiger partial charge in [-0.15, -0.1) is 0 Å². The van der Waals surface area contributed by atoms with Crippen molar-refractivity contribution in [1.29, 1.82) is 0 Å². The highest BCUT2D eigenvalue weighted by atomic mass is 79.9. The van der Waals surface area contributed by atoms with Crippen LogP contribution in [0.15, 0.2) is 22.7 Å². The van der Waals surface area contributed by atoms with Crippen LogP contribution in [0.2, 0.25) is 0 Å². The molecule has 9 heteroatoms. The summed E-state index contributed by atoms with van der Waals surface area (Å²) >= 11 is 3.34. The molecule has 1 unspecified atom stereocenters. The molecule has 128 valence electrons. The van der Waals surface area contributed by atoms with Gasteiger partial charge in [-0.05, 0) is 37.1 Å². The van der Waals surface area contributed by atoms with E-state index in [1.165, 1.54) is 0 Å². The summed E-state index contributed by atoms with van der Waals surface area (Å²) in [4.78, 5) is 45.8. The summed E-state index contributed by atoms with van der Waals surface area (Å²) in [5, 5.41) is 9.68. The molecule has 1 heterocycles. The predicted molar refractivity (Wildman–Crippen MR) is 90.2 cm³/mol. The summed E-state index contributed by atoms with van der Waals surface area (Å²) in [5.41, 5.74) is 1.56. The Morgan fingerprint density at radius 3 is 2.62 bits per heavy atom. The van der Waals surface area contributed by atoms with Crippen molar-refractivity contribution in [1.82, 2.24) is 16.0 Å². The molecule has 0 aromatic heterocycles. The summed E-state index contributed by atoms with van der Waals surface area (Å²) in [7, 11) is 0. The molecule has 8 nitrogen and oxygen atoms in total. The average molecular weight is 397 g/mol. The number of rotatable bonds is 6. The van der Waals surface area contributed by atoms with Gasteiger partial charge in [0.05, 0.1) is 6.54 Å². The number of hydrogen-bond donors (Lipinski definition) is 4. The normalized spacial score (nSPS) is 16.3. The van der Waals surface area contributed by atoms with Crippen LogP contribution < -0.4 is 21.3 Å². The summed E-state index contributed by atoms with van der Waals surface area (Å²) in [5.74, 6) is -1.16. The Hall–Kier alpha value is -2.42. The predicted octanol–water partition coefficient (Wildman–Crippen LogP) is 0.800. The number of hydrogen-bond acceptors (Lipinski definition) is 4. The second-order valence-electron chi connectivity index (χ2n) is 5.34. The second kappa shape index (κ2) is 7.91. The van der Waals surface area contributed by atoms with E-state index in [0.29, 0.717) is 5.69 Å². The monoisotopic (exact) mass is 396 g/mol. The lowest BCUT2D eigenvalue weighted by Gasteiger charge is -2.10. The molecule has 2 rings (SSSR count). The first kappa shape index (κ1) is 17.9. The van der Waals surface area contributed by atoms with Crippen molar-refractivity contribution in [3.8, 4) is 0 Å². The number of anilines is 1. The van der Waals surface area contributed by atoms with Gasteiger partial charge in [0.2, 0.25) is 11.8 Å². The van der Waals surface area contributed by atoms with Crippen molar-refractivity contribution in [3.05, 3.63) is 28.2 Å². The third-order valence-corrected chi connectivity index (χ3v) is 3.92. The number of nitrogens with one attached hydrogen (secondary N) is 4. The van der Waals surface area contributed by atoms with Gasteiger partial charge in [-0.1, -0.05) is 15.9 Å². The van der Waals surface area contributed by atoms with Crippen molar-refractivity contribution >= 4 is 45.4 Å². The van der Waals surface area contributed by atoms with E-state index < -0.39 is 18.0 Å². The quantitative estimate of drug-likeness (QED) is 0.532. The lowest BCUT2D eigenvalue weighted by molar-refractivity contribution is -0.124. The maximum Gasteiger partial charge on any atom is 0.322 e. The smallest absolute Gasteiger partial charge is 0.322 e. The number of halogens is 1. The van der Waals surface area contributed by atoms with Gasteiger partial charge in [-0.3, -0.25) is 19.7 Å². The highest BCUT2D eigenvalue weighted by molar-refractivity contribution is 9.10. The average Bonchev–Trinajstić information content (AvgIpc) is 2.84. The summed E-state index contributed by atoms with van der Waals surface area (Å²) in [6.07, 6.45) is 0.208. The Balaban J connectivity index is 1.72. The fourth-order valence-corrected chi connectivity index (χ4v) is 2.64. The van der Waals surface area contributed by atoms with Gasteiger partial charge in [0.15, 0.2) is 0 Å². The number of aryl methyl sites for hydroxylation is 1. The minimum atomic E-state index is -0.706. The molecule has 1 fully saturated rings. The first-order valence-electron chi connectivity index (χ1n) is 7.29. The maximum absolute atomic E-state index is 11.9. The van der Waals surface area contributed by atoms with E-state index in [2.05, 4.69) is 37.2 Å². The second-order valence-corrected chi connectivity index (χ2v) is 6.25. The summed E-state index contributed by atoms with van der Waals surface area (Å²) in [6.45, 7) is 1.69. The zero-order valence-electron chi connectivity index (χ0n) is 12.9. The van der Waals surface area contributed by atoms with Gasteiger partial charge in [0.1, 0.15) is 6.04 Å². The molecular weight excluding hydrogens is 380 g/mol. The molecule has 0 radical (unpaired) electrons. The van der Waals surface area contributed by atoms with Crippen molar-refractivity contribution in [2.45, 2.75) is 25.8 Å². The fraction of sp³-hybridized carbons (Fsp3) is 0.333. The van der Waals surface area contributed by atoms with Crippen molar-refractivity contribution < 1.29 is 19.2 Å². The van der Waals surface area contributed by atoms with Crippen LogP contribution in [0.3, 0.4) is 0 Å². The lowest BCUT2D eigenvalue weighted by Crippen LogP contribution is -2.35. The Morgan fingerprint density at radius 1 is 1.25 bits per heavy atom. The van der Waals surface area contributed by atoms with Crippen LogP contribution in [-0.4, -0.2) is 36.3 Å². The van der Waals surface area contributed by atoms with Crippen molar-refractivity contribution in [2.24, 2.45) is 0 Å². The van der Waals surface area contributed by atoms with Crippen molar-refractivity contribution in [2.75, 3.05) is 11.9 Å². The molecule has 0 saturated carbocycles. The number of imide groups is 1. The molecule has 1 aromatic rings. The van der Waals surface area contributed by atoms with Gasteiger partial charge >= 0.3 is 6.03 Å². The number of carbonyl (C=O) groups is 4. The molecule has 0 spiro atoms. The Labute approximate surface area is 146 Å².